The van der Waals surface area contributed by atoms with Gasteiger partial charge in [0.2, 0.25) is 0 Å². The lowest BCUT2D eigenvalue weighted by atomic mass is 10.1. The van der Waals surface area contributed by atoms with E-state index in [-0.39, 0.29) is 35.6 Å². The second-order valence-corrected chi connectivity index (χ2v) is 5.45. The van der Waals surface area contributed by atoms with Crippen LogP contribution in [0.25, 0.3) is 0 Å². The van der Waals surface area contributed by atoms with E-state index in [0.29, 0.717) is 11.1 Å². The van der Waals surface area contributed by atoms with E-state index >= 15 is 0 Å². The number of methoxy groups -OCH3 is 3. The highest BCUT2D eigenvalue weighted by atomic mass is 16.5. The van der Waals surface area contributed by atoms with Crippen LogP contribution < -0.4 is 0 Å². The minimum atomic E-state index is -0.538. The van der Waals surface area contributed by atoms with Crippen molar-refractivity contribution in [1.29, 1.82) is 0 Å². The van der Waals surface area contributed by atoms with Crippen LogP contribution >= 0.6 is 0 Å². The van der Waals surface area contributed by atoms with Crippen molar-refractivity contribution in [2.24, 2.45) is 29.6 Å². The lowest BCUT2D eigenvalue weighted by Crippen LogP contribution is -2.33. The first-order valence-electron chi connectivity index (χ1n) is 6.73. The van der Waals surface area contributed by atoms with Crippen LogP contribution in [0.4, 0.5) is 0 Å². The molecule has 2 bridgehead atoms. The summed E-state index contributed by atoms with van der Waals surface area (Å²) in [5.74, 6) is -2.20. The first-order chi connectivity index (χ1) is 10.1. The van der Waals surface area contributed by atoms with Crippen LogP contribution in [0.1, 0.15) is 0 Å². The van der Waals surface area contributed by atoms with Crippen molar-refractivity contribution in [3.63, 3.8) is 0 Å². The van der Waals surface area contributed by atoms with Gasteiger partial charge in [0, 0.05) is 11.8 Å². The molecule has 6 heteroatoms. The number of hydrogen-bond acceptors (Lipinski definition) is 6. The fourth-order valence-electron chi connectivity index (χ4n) is 3.88. The third-order valence-electron chi connectivity index (χ3n) is 4.73. The smallest absolute Gasteiger partial charge is 0.334 e. The molecule has 0 aliphatic heterocycles. The summed E-state index contributed by atoms with van der Waals surface area (Å²) in [7, 11) is 3.90. The molecule has 0 radical (unpaired) electrons. The highest BCUT2D eigenvalue weighted by Crippen LogP contribution is 2.65. The zero-order valence-corrected chi connectivity index (χ0v) is 12.0. The predicted octanol–water partition coefficient (Wildman–Crippen LogP) is 0.480. The third-order valence-corrected chi connectivity index (χ3v) is 4.73. The highest BCUT2D eigenvalue weighted by Gasteiger charge is 2.67. The number of rotatable bonds is 3. The maximum atomic E-state index is 12.1. The van der Waals surface area contributed by atoms with Gasteiger partial charge in [0.25, 0.3) is 0 Å². The second kappa shape index (κ2) is 4.72. The number of esters is 3. The third kappa shape index (κ3) is 1.74. The summed E-state index contributed by atoms with van der Waals surface area (Å²) in [5, 5.41) is 0. The topological polar surface area (TPSA) is 78.9 Å². The van der Waals surface area contributed by atoms with Crippen LogP contribution in [0.15, 0.2) is 23.3 Å². The van der Waals surface area contributed by atoms with Crippen LogP contribution in [-0.2, 0) is 28.6 Å². The molecule has 4 atom stereocenters. The van der Waals surface area contributed by atoms with Crippen molar-refractivity contribution in [3.05, 3.63) is 23.3 Å². The monoisotopic (exact) mass is 298 g/mol. The molecular weight excluding hydrogens is 282 g/mol. The van der Waals surface area contributed by atoms with E-state index in [4.69, 9.17) is 14.2 Å². The molecule has 0 aromatic carbocycles. The average Bonchev–Trinajstić information content (AvgIpc) is 3.29. The number of hydrogen-bond donors (Lipinski definition) is 0. The highest BCUT2D eigenvalue weighted by molar-refractivity contribution is 6.03. The fourth-order valence-corrected chi connectivity index (χ4v) is 3.88. The Balaban J connectivity index is 2.03. The number of carbonyl (C=O) groups is 3. The summed E-state index contributed by atoms with van der Waals surface area (Å²) in [6.07, 6.45) is 3.76. The van der Waals surface area contributed by atoms with Crippen molar-refractivity contribution in [1.82, 2.24) is 0 Å². The van der Waals surface area contributed by atoms with Crippen LogP contribution in [-0.4, -0.2) is 39.2 Å². The van der Waals surface area contributed by atoms with Gasteiger partial charge in [-0.1, -0.05) is 12.2 Å². The summed E-state index contributed by atoms with van der Waals surface area (Å²) in [6.45, 7) is 0. The molecule has 6 nitrogen and oxygen atoms in total. The van der Waals surface area contributed by atoms with Gasteiger partial charge >= 0.3 is 17.9 Å². The minimum Gasteiger partial charge on any atom is -0.469 e. The van der Waals surface area contributed by atoms with E-state index in [1.807, 2.05) is 12.2 Å². The van der Waals surface area contributed by atoms with E-state index in [2.05, 4.69) is 0 Å². The Morgan fingerprint density at radius 1 is 0.810 bits per heavy atom. The van der Waals surface area contributed by atoms with Gasteiger partial charge in [-0.05, 0) is 11.8 Å². The van der Waals surface area contributed by atoms with Gasteiger partial charge < -0.3 is 14.2 Å². The molecule has 0 amide bonds. The molecule has 0 spiro atoms. The van der Waals surface area contributed by atoms with Crippen molar-refractivity contribution < 1.29 is 28.6 Å². The molecular formula is C15H16O6. The minimum absolute atomic E-state index is 0.00922. The largest absolute Gasteiger partial charge is 0.469 e. The first kappa shape index (κ1) is 13.9. The maximum Gasteiger partial charge on any atom is 0.334 e. The molecule has 1 fully saturated rings. The number of ether oxygens (including phenoxy) is 3. The van der Waals surface area contributed by atoms with E-state index in [1.54, 1.807) is 0 Å². The van der Waals surface area contributed by atoms with Gasteiger partial charge in [-0.15, -0.1) is 0 Å². The molecule has 4 aliphatic carbocycles. The zero-order valence-electron chi connectivity index (χ0n) is 12.0. The van der Waals surface area contributed by atoms with Gasteiger partial charge in [0.05, 0.1) is 38.4 Å². The molecule has 4 aliphatic rings. The zero-order chi connectivity index (χ0) is 15.3. The van der Waals surface area contributed by atoms with Gasteiger partial charge in [0.1, 0.15) is 0 Å². The molecule has 21 heavy (non-hydrogen) atoms. The average molecular weight is 298 g/mol. The Hall–Kier alpha value is -2.11. The van der Waals surface area contributed by atoms with E-state index < -0.39 is 11.9 Å². The van der Waals surface area contributed by atoms with Gasteiger partial charge in [-0.25, -0.2) is 9.59 Å². The molecule has 4 unspecified atom stereocenters. The lowest BCUT2D eigenvalue weighted by molar-refractivity contribution is -0.143. The van der Waals surface area contributed by atoms with Crippen molar-refractivity contribution in [2.75, 3.05) is 21.3 Å². The Morgan fingerprint density at radius 3 is 1.57 bits per heavy atom. The Bertz CT molecular complexity index is 545. The number of allylic oxidation sites excluding steroid dienone is 2. The van der Waals surface area contributed by atoms with Gasteiger partial charge in [-0.2, -0.15) is 0 Å². The fraction of sp³-hybridized carbons (Fsp3) is 0.533. The van der Waals surface area contributed by atoms with Gasteiger partial charge in [0.15, 0.2) is 0 Å². The molecule has 112 valence electrons. The molecule has 4 rings (SSSR count). The standard InChI is InChI=1S/C15H16O6/c1-19-13(16)10-6-4-5-7(11(10)14(17)20-2)9-8(6)12(9)15(18)21-3/h4-9,12H,1-3H3/i4+1,5+1,6+1,7+1,8+1,9+1. The van der Waals surface area contributed by atoms with Crippen molar-refractivity contribution in [2.45, 2.75) is 0 Å². The summed E-state index contributed by atoms with van der Waals surface area (Å²) in [4.78, 5) is 36.0. The maximum absolute atomic E-state index is 12.1. The van der Waals surface area contributed by atoms with Crippen LogP contribution in [0.5, 0.6) is 0 Å². The Kier molecular flexibility index (Phi) is 3.11. The molecule has 0 aromatic rings. The summed E-state index contributed by atoms with van der Waals surface area (Å²) < 4.78 is 14.4. The molecule has 1 saturated carbocycles. The Morgan fingerprint density at radius 2 is 1.24 bits per heavy atom. The van der Waals surface area contributed by atoms with Crippen molar-refractivity contribution >= 4 is 17.9 Å². The van der Waals surface area contributed by atoms with Crippen LogP contribution in [0.2, 0.25) is 0 Å². The van der Waals surface area contributed by atoms with E-state index in [9.17, 15) is 14.4 Å². The quantitative estimate of drug-likeness (QED) is 0.326. The summed E-state index contributed by atoms with van der Waals surface area (Å²) in [6, 6.07) is 0. The Labute approximate surface area is 121 Å². The molecule has 0 saturated heterocycles. The van der Waals surface area contributed by atoms with Crippen LogP contribution in [0, 0.1) is 29.6 Å². The first-order valence-corrected chi connectivity index (χ1v) is 6.73. The predicted molar refractivity (Wildman–Crippen MR) is 69.7 cm³/mol. The normalized spacial score (nSPS) is 35.1. The SMILES string of the molecule is COC(=O)C1=C(C(=O)OC)[13CH]2[13CH]=[13CH][13CH]1[13CH]1C(C(=O)OC)[13CH]21. The van der Waals surface area contributed by atoms with E-state index in [0.717, 1.165) is 0 Å². The molecule has 0 heterocycles. The summed E-state index contributed by atoms with van der Waals surface area (Å²) >= 11 is 0. The lowest BCUT2D eigenvalue weighted by Gasteiger charge is -2.32. The molecule has 0 aromatic heterocycles. The van der Waals surface area contributed by atoms with Crippen molar-refractivity contribution in [3.8, 4) is 0 Å². The number of carbonyl (C=O) groups excluding carboxylic acids is 3. The van der Waals surface area contributed by atoms with Crippen LogP contribution in [0.3, 0.4) is 0 Å². The summed E-state index contributed by atoms with van der Waals surface area (Å²) in [5.41, 5.74) is 0.647. The molecule has 0 N–H and O–H groups in total. The van der Waals surface area contributed by atoms with Gasteiger partial charge in [-0.3, -0.25) is 4.79 Å². The second-order valence-electron chi connectivity index (χ2n) is 5.45. The van der Waals surface area contributed by atoms with E-state index in [1.165, 1.54) is 21.3 Å².